The number of H-pyrrole nitrogens is 1. The van der Waals surface area contributed by atoms with Gasteiger partial charge in [-0.25, -0.2) is 4.99 Å². The summed E-state index contributed by atoms with van der Waals surface area (Å²) < 4.78 is 0. The van der Waals surface area contributed by atoms with Crippen molar-refractivity contribution >= 4 is 29.5 Å². The molecule has 7 nitrogen and oxygen atoms in total. The molecule has 1 aromatic rings. The number of hydrogen-bond acceptors (Lipinski definition) is 5. The highest BCUT2D eigenvalue weighted by atomic mass is 16.4. The van der Waals surface area contributed by atoms with Gasteiger partial charge in [0, 0.05) is 41.4 Å². The molecule has 0 saturated carbocycles. The van der Waals surface area contributed by atoms with Crippen LogP contribution in [0.25, 0.3) is 12.2 Å². The first-order valence-corrected chi connectivity index (χ1v) is 15.2. The highest BCUT2D eigenvalue weighted by Gasteiger charge is 2.36. The number of aromatic nitrogens is 1. The third kappa shape index (κ3) is 5.44. The van der Waals surface area contributed by atoms with E-state index in [0.717, 1.165) is 59.2 Å². The lowest BCUT2D eigenvalue weighted by atomic mass is 9.85. The zero-order valence-corrected chi connectivity index (χ0v) is 25.3. The van der Waals surface area contributed by atoms with E-state index >= 15 is 0 Å². The predicted molar refractivity (Wildman–Crippen MR) is 166 cm³/mol. The van der Waals surface area contributed by atoms with Crippen LogP contribution in [0.4, 0.5) is 0 Å². The van der Waals surface area contributed by atoms with Gasteiger partial charge in [0.25, 0.3) is 0 Å². The lowest BCUT2D eigenvalue weighted by Crippen LogP contribution is -2.33. The summed E-state index contributed by atoms with van der Waals surface area (Å²) in [7, 11) is 0. The Labute approximate surface area is 243 Å². The minimum atomic E-state index is -0.767. The maximum absolute atomic E-state index is 11.6. The molecule has 41 heavy (non-hydrogen) atoms. The molecule has 0 amide bonds. The van der Waals surface area contributed by atoms with E-state index in [0.29, 0.717) is 12.8 Å². The summed E-state index contributed by atoms with van der Waals surface area (Å²) in [4.78, 5) is 25.7. The molecule has 0 aliphatic carbocycles. The van der Waals surface area contributed by atoms with Crippen LogP contribution in [-0.4, -0.2) is 51.3 Å². The summed E-state index contributed by atoms with van der Waals surface area (Å²) in [5.74, 6) is -0.668. The highest BCUT2D eigenvalue weighted by molar-refractivity contribution is 6.23. The summed E-state index contributed by atoms with van der Waals surface area (Å²) in [6, 6.07) is 0.0537. The monoisotopic (exact) mass is 556 g/mol. The Morgan fingerprint density at radius 3 is 2.46 bits per heavy atom. The van der Waals surface area contributed by atoms with Crippen molar-refractivity contribution in [2.45, 2.75) is 98.6 Å². The third-order valence-corrected chi connectivity index (χ3v) is 9.51. The van der Waals surface area contributed by atoms with Crippen LogP contribution in [0.15, 0.2) is 55.3 Å². The molecule has 8 bridgehead atoms. The maximum Gasteiger partial charge on any atom is 0.303 e. The van der Waals surface area contributed by atoms with E-state index in [1.165, 1.54) is 39.0 Å². The van der Waals surface area contributed by atoms with Crippen LogP contribution in [0.1, 0.15) is 84.3 Å². The molecule has 1 aromatic heterocycles. The van der Waals surface area contributed by atoms with Gasteiger partial charge in [-0.3, -0.25) is 9.79 Å². The number of aliphatic carboxylic acids is 1. The van der Waals surface area contributed by atoms with Crippen molar-refractivity contribution in [3.05, 3.63) is 67.2 Å². The molecular weight excluding hydrogens is 512 g/mol. The standard InChI is InChI=1S/C34H44N4O3/c1-7-22-18(3)26-14-27-20(5)24(10-9-13-39)32(37-27)17-33-25(11-12-34(40)41)21(6)29(38-33)16-31-23(8-2)19(4)28(36-31)15-30(22)35-26/h14-16,25,32-33,35,38-39H,7-13,17H2,1-6H3,(H,40,41)/b26-14-,30-15-,31-16-. The summed E-state index contributed by atoms with van der Waals surface area (Å²) in [6.45, 7) is 13.1. The first-order chi connectivity index (χ1) is 19.7. The van der Waals surface area contributed by atoms with Gasteiger partial charge in [0.2, 0.25) is 0 Å². The second kappa shape index (κ2) is 11.8. The Balaban J connectivity index is 1.73. The first-order valence-electron chi connectivity index (χ1n) is 15.2. The number of carbonyl (C=O) groups is 1. The average molecular weight is 557 g/mol. The number of aromatic amines is 1. The predicted octanol–water partition coefficient (Wildman–Crippen LogP) is 4.55. The van der Waals surface area contributed by atoms with Crippen LogP contribution in [0, 0.1) is 12.8 Å². The fraction of sp³-hybridized carbons (Fsp3) is 0.500. The second-order valence-corrected chi connectivity index (χ2v) is 11.8. The van der Waals surface area contributed by atoms with Gasteiger partial charge in [0.1, 0.15) is 0 Å². The Hall–Kier alpha value is -3.45. The van der Waals surface area contributed by atoms with Crippen molar-refractivity contribution in [3.63, 3.8) is 0 Å². The third-order valence-electron chi connectivity index (χ3n) is 9.51. The second-order valence-electron chi connectivity index (χ2n) is 11.8. The lowest BCUT2D eigenvalue weighted by Gasteiger charge is -2.25. The zero-order valence-electron chi connectivity index (χ0n) is 25.3. The van der Waals surface area contributed by atoms with E-state index in [4.69, 9.17) is 9.98 Å². The van der Waals surface area contributed by atoms with Gasteiger partial charge < -0.3 is 20.5 Å². The Morgan fingerprint density at radius 1 is 1.02 bits per heavy atom. The number of allylic oxidation sites excluding steroid dienone is 4. The molecule has 4 aliphatic rings. The summed E-state index contributed by atoms with van der Waals surface area (Å²) in [5, 5.41) is 25.1. The first kappa shape index (κ1) is 29.1. The number of rotatable bonds is 8. The molecule has 0 aromatic carbocycles. The van der Waals surface area contributed by atoms with Gasteiger partial charge in [0.15, 0.2) is 0 Å². The molecular formula is C34H44N4O3. The Morgan fingerprint density at radius 2 is 1.78 bits per heavy atom. The SMILES string of the molecule is CCC1=C(C)C2=NC/1=C\C1=C(C)C(CCC(=O)O)C(CC3N=C(/C=c4\[nH]/c(c(CC)c4C)=C\2)C(C)=C3CCCO)N1. The number of aliphatic imine (C=N–C) groups is 2. The van der Waals surface area contributed by atoms with Crippen LogP contribution in [-0.2, 0) is 11.2 Å². The number of fused-ring (bicyclic) bond motifs is 6. The molecule has 0 fully saturated rings. The van der Waals surface area contributed by atoms with Crippen LogP contribution < -0.4 is 16.0 Å². The number of nitrogens with one attached hydrogen (secondary N) is 2. The molecule has 7 heteroatoms. The molecule has 3 unspecified atom stereocenters. The van der Waals surface area contributed by atoms with Crippen molar-refractivity contribution in [2.24, 2.45) is 15.9 Å². The highest BCUT2D eigenvalue weighted by Crippen LogP contribution is 2.38. The molecule has 5 heterocycles. The quantitative estimate of drug-likeness (QED) is 0.376. The number of hydrogen-bond donors (Lipinski definition) is 4. The van der Waals surface area contributed by atoms with Gasteiger partial charge in [-0.2, -0.15) is 0 Å². The van der Waals surface area contributed by atoms with Gasteiger partial charge in [-0.05, 0) is 123 Å². The number of carboxylic acids is 1. The van der Waals surface area contributed by atoms with Crippen molar-refractivity contribution in [1.29, 1.82) is 0 Å². The van der Waals surface area contributed by atoms with E-state index in [2.05, 4.69) is 70.1 Å². The molecule has 3 atom stereocenters. The van der Waals surface area contributed by atoms with Crippen LogP contribution >= 0.6 is 0 Å². The molecule has 0 radical (unpaired) electrons. The normalized spacial score (nSPS) is 26.7. The van der Waals surface area contributed by atoms with Gasteiger partial charge in [-0.1, -0.05) is 13.8 Å². The van der Waals surface area contributed by atoms with Crippen molar-refractivity contribution in [2.75, 3.05) is 6.61 Å². The lowest BCUT2D eigenvalue weighted by molar-refractivity contribution is -0.137. The minimum Gasteiger partial charge on any atom is -0.481 e. The van der Waals surface area contributed by atoms with Gasteiger partial charge in [-0.15, -0.1) is 0 Å². The van der Waals surface area contributed by atoms with Gasteiger partial charge >= 0.3 is 5.97 Å². The van der Waals surface area contributed by atoms with Crippen LogP contribution in [0.2, 0.25) is 0 Å². The van der Waals surface area contributed by atoms with Crippen LogP contribution in [0.5, 0.6) is 0 Å². The van der Waals surface area contributed by atoms with E-state index in [1.807, 2.05) is 0 Å². The average Bonchev–Trinajstić information content (AvgIpc) is 3.59. The number of aliphatic hydroxyl groups excluding tert-OH is 1. The molecule has 218 valence electrons. The fourth-order valence-electron chi connectivity index (χ4n) is 7.10. The largest absolute Gasteiger partial charge is 0.481 e. The van der Waals surface area contributed by atoms with E-state index in [-0.39, 0.29) is 31.0 Å². The molecule has 5 rings (SSSR count). The zero-order chi connectivity index (χ0) is 29.4. The minimum absolute atomic E-state index is 0.0123. The molecule has 0 saturated heterocycles. The van der Waals surface area contributed by atoms with Crippen molar-refractivity contribution < 1.29 is 15.0 Å². The van der Waals surface area contributed by atoms with Crippen LogP contribution in [0.3, 0.4) is 0 Å². The van der Waals surface area contributed by atoms with Crippen molar-refractivity contribution in [3.8, 4) is 0 Å². The molecule has 4 N–H and O–H groups in total. The van der Waals surface area contributed by atoms with E-state index < -0.39 is 5.97 Å². The number of aliphatic hydroxyl groups is 1. The van der Waals surface area contributed by atoms with Gasteiger partial charge in [0.05, 0.1) is 23.2 Å². The Kier molecular flexibility index (Phi) is 8.37. The summed E-state index contributed by atoms with van der Waals surface area (Å²) in [6.07, 6.45) is 11.3. The summed E-state index contributed by atoms with van der Waals surface area (Å²) >= 11 is 0. The van der Waals surface area contributed by atoms with E-state index in [9.17, 15) is 15.0 Å². The van der Waals surface area contributed by atoms with E-state index in [1.54, 1.807) is 0 Å². The number of nitrogens with zero attached hydrogens (tertiary/aromatic N) is 2. The topological polar surface area (TPSA) is 110 Å². The fourth-order valence-corrected chi connectivity index (χ4v) is 7.10. The van der Waals surface area contributed by atoms with Crippen molar-refractivity contribution in [1.82, 2.24) is 10.3 Å². The number of carboxylic acid groups (broad SMARTS) is 1. The smallest absolute Gasteiger partial charge is 0.303 e. The maximum atomic E-state index is 11.6. The Bertz CT molecular complexity index is 1580. The summed E-state index contributed by atoms with van der Waals surface area (Å²) in [5.41, 5.74) is 12.6. The molecule has 4 aliphatic heterocycles. The molecule has 0 spiro atoms.